The number of rotatable bonds is 4. The minimum atomic E-state index is -0.449. The molecule has 18 heavy (non-hydrogen) atoms. The van der Waals surface area contributed by atoms with Gasteiger partial charge in [-0.3, -0.25) is 0 Å². The average Bonchev–Trinajstić information content (AvgIpc) is 2.28. The lowest BCUT2D eigenvalue weighted by Gasteiger charge is -2.15. The second-order valence-electron chi connectivity index (χ2n) is 4.27. The summed E-state index contributed by atoms with van der Waals surface area (Å²) in [4.78, 5) is 11.6. The van der Waals surface area contributed by atoms with E-state index in [1.165, 1.54) is 0 Å². The third kappa shape index (κ3) is 4.85. The Morgan fingerprint density at radius 1 is 1.39 bits per heavy atom. The second-order valence-corrected chi connectivity index (χ2v) is 4.27. The largest absolute Gasteiger partial charge is 0.393 e. The molecule has 2 amide bonds. The van der Waals surface area contributed by atoms with Gasteiger partial charge in [-0.15, -0.1) is 0 Å². The molecule has 96 valence electrons. The Morgan fingerprint density at radius 3 is 2.50 bits per heavy atom. The first kappa shape index (κ1) is 14.0. The van der Waals surface area contributed by atoms with Gasteiger partial charge in [0.25, 0.3) is 0 Å². The van der Waals surface area contributed by atoms with Gasteiger partial charge in [-0.25, -0.2) is 4.79 Å². The van der Waals surface area contributed by atoms with E-state index in [1.807, 2.05) is 13.0 Å². The van der Waals surface area contributed by atoms with Crippen molar-refractivity contribution in [1.82, 2.24) is 5.32 Å². The molecule has 0 spiro atoms. The predicted octanol–water partition coefficient (Wildman–Crippen LogP) is 1.84. The van der Waals surface area contributed by atoms with Crippen molar-refractivity contribution in [3.63, 3.8) is 0 Å². The van der Waals surface area contributed by atoms with Crippen LogP contribution in [0.3, 0.4) is 0 Å². The third-order valence-electron chi connectivity index (χ3n) is 2.34. The summed E-state index contributed by atoms with van der Waals surface area (Å²) in [6.45, 7) is 3.50. The van der Waals surface area contributed by atoms with E-state index in [0.717, 1.165) is 0 Å². The van der Waals surface area contributed by atoms with Crippen LogP contribution in [0.4, 0.5) is 10.5 Å². The molecule has 0 aliphatic heterocycles. The number of aliphatic hydroxyl groups excluding tert-OH is 1. The molecule has 0 heterocycles. The van der Waals surface area contributed by atoms with Crippen molar-refractivity contribution in [2.24, 2.45) is 0 Å². The van der Waals surface area contributed by atoms with E-state index in [2.05, 4.69) is 10.6 Å². The highest BCUT2D eigenvalue weighted by Gasteiger charge is 2.09. The molecule has 0 radical (unpaired) electrons. The van der Waals surface area contributed by atoms with Gasteiger partial charge in [0, 0.05) is 11.7 Å². The highest BCUT2D eigenvalue weighted by Crippen LogP contribution is 2.08. The topological polar surface area (TPSA) is 85.2 Å². The maximum Gasteiger partial charge on any atom is 0.319 e. The number of nitrogens with zero attached hydrogens (tertiary/aromatic N) is 1. The number of benzene rings is 1. The van der Waals surface area contributed by atoms with Crippen LogP contribution in [0.25, 0.3) is 0 Å². The monoisotopic (exact) mass is 247 g/mol. The zero-order valence-corrected chi connectivity index (χ0v) is 10.5. The third-order valence-corrected chi connectivity index (χ3v) is 2.34. The lowest BCUT2D eigenvalue weighted by atomic mass is 10.1. The van der Waals surface area contributed by atoms with Gasteiger partial charge in [0.05, 0.1) is 17.7 Å². The van der Waals surface area contributed by atoms with Crippen molar-refractivity contribution in [3.05, 3.63) is 29.8 Å². The maximum atomic E-state index is 11.6. The SMILES string of the molecule is CC(O)CC(C)NC(=O)Nc1ccc(C#N)cc1. The minimum absolute atomic E-state index is 0.108. The minimum Gasteiger partial charge on any atom is -0.393 e. The normalized spacial score (nSPS) is 13.2. The number of hydrogen-bond donors (Lipinski definition) is 3. The van der Waals surface area contributed by atoms with Gasteiger partial charge in [0.1, 0.15) is 0 Å². The molecule has 2 unspecified atom stereocenters. The van der Waals surface area contributed by atoms with Gasteiger partial charge in [-0.2, -0.15) is 5.26 Å². The van der Waals surface area contributed by atoms with Crippen LogP contribution < -0.4 is 10.6 Å². The number of aliphatic hydroxyl groups is 1. The van der Waals surface area contributed by atoms with Crippen molar-refractivity contribution in [2.45, 2.75) is 32.4 Å². The Labute approximate surface area is 106 Å². The molecule has 0 aromatic heterocycles. The van der Waals surface area contributed by atoms with Crippen LogP contribution in [0.2, 0.25) is 0 Å². The Bertz CT molecular complexity index is 435. The van der Waals surface area contributed by atoms with Crippen molar-refractivity contribution >= 4 is 11.7 Å². The summed E-state index contributed by atoms with van der Waals surface area (Å²) in [5.41, 5.74) is 1.17. The molecule has 0 saturated carbocycles. The fourth-order valence-corrected chi connectivity index (χ4v) is 1.59. The fraction of sp³-hybridized carbons (Fsp3) is 0.385. The van der Waals surface area contributed by atoms with E-state index in [0.29, 0.717) is 17.7 Å². The average molecular weight is 247 g/mol. The number of amides is 2. The van der Waals surface area contributed by atoms with Gasteiger partial charge in [0.15, 0.2) is 0 Å². The Balaban J connectivity index is 2.46. The van der Waals surface area contributed by atoms with E-state index in [-0.39, 0.29) is 12.1 Å². The summed E-state index contributed by atoms with van der Waals surface area (Å²) in [6, 6.07) is 8.17. The predicted molar refractivity (Wildman–Crippen MR) is 69.1 cm³/mol. The van der Waals surface area contributed by atoms with Crippen LogP contribution in [0.5, 0.6) is 0 Å². The lowest BCUT2D eigenvalue weighted by molar-refractivity contribution is 0.171. The first-order valence-electron chi connectivity index (χ1n) is 5.77. The van der Waals surface area contributed by atoms with Crippen LogP contribution in [0.15, 0.2) is 24.3 Å². The molecule has 3 N–H and O–H groups in total. The zero-order chi connectivity index (χ0) is 13.5. The Kier molecular flexibility index (Phi) is 5.15. The molecule has 5 heteroatoms. The molecular weight excluding hydrogens is 230 g/mol. The summed E-state index contributed by atoms with van der Waals surface area (Å²) >= 11 is 0. The molecular formula is C13H17N3O2. The van der Waals surface area contributed by atoms with Gasteiger partial charge < -0.3 is 15.7 Å². The summed E-state index contributed by atoms with van der Waals surface area (Å²) in [5, 5.41) is 23.2. The van der Waals surface area contributed by atoms with E-state index in [4.69, 9.17) is 5.26 Å². The van der Waals surface area contributed by atoms with Gasteiger partial charge >= 0.3 is 6.03 Å². The first-order chi connectivity index (χ1) is 8.51. The van der Waals surface area contributed by atoms with Crippen LogP contribution in [0.1, 0.15) is 25.8 Å². The number of hydrogen-bond acceptors (Lipinski definition) is 3. The van der Waals surface area contributed by atoms with Crippen molar-refractivity contribution in [1.29, 1.82) is 5.26 Å². The van der Waals surface area contributed by atoms with Crippen molar-refractivity contribution in [3.8, 4) is 6.07 Å². The summed E-state index contributed by atoms with van der Waals surface area (Å²) in [7, 11) is 0. The number of carbonyl (C=O) groups excluding carboxylic acids is 1. The second kappa shape index (κ2) is 6.62. The fourth-order valence-electron chi connectivity index (χ4n) is 1.59. The summed E-state index contributed by atoms with van der Waals surface area (Å²) in [6.07, 6.45) is 0.0519. The molecule has 0 aliphatic carbocycles. The number of urea groups is 1. The molecule has 1 aromatic rings. The van der Waals surface area contributed by atoms with E-state index in [1.54, 1.807) is 31.2 Å². The van der Waals surface area contributed by atoms with Crippen LogP contribution >= 0.6 is 0 Å². The smallest absolute Gasteiger partial charge is 0.319 e. The molecule has 1 aromatic carbocycles. The zero-order valence-electron chi connectivity index (χ0n) is 10.5. The van der Waals surface area contributed by atoms with Crippen molar-refractivity contribution < 1.29 is 9.90 Å². The molecule has 0 aliphatic rings. The van der Waals surface area contributed by atoms with E-state index < -0.39 is 6.10 Å². The number of nitriles is 1. The standard InChI is InChI=1S/C13H17N3O2/c1-9(7-10(2)17)15-13(18)16-12-5-3-11(8-14)4-6-12/h3-6,9-10,17H,7H2,1-2H3,(H2,15,16,18). The number of anilines is 1. The number of nitrogens with one attached hydrogen (secondary N) is 2. The highest BCUT2D eigenvalue weighted by molar-refractivity contribution is 5.89. The van der Waals surface area contributed by atoms with Crippen LogP contribution in [0, 0.1) is 11.3 Å². The van der Waals surface area contributed by atoms with Gasteiger partial charge in [0.2, 0.25) is 0 Å². The highest BCUT2D eigenvalue weighted by atomic mass is 16.3. The Hall–Kier alpha value is -2.06. The lowest BCUT2D eigenvalue weighted by Crippen LogP contribution is -2.37. The van der Waals surface area contributed by atoms with Crippen LogP contribution in [-0.2, 0) is 0 Å². The van der Waals surface area contributed by atoms with Crippen LogP contribution in [-0.4, -0.2) is 23.3 Å². The first-order valence-corrected chi connectivity index (χ1v) is 5.77. The van der Waals surface area contributed by atoms with Gasteiger partial charge in [-0.1, -0.05) is 0 Å². The van der Waals surface area contributed by atoms with Gasteiger partial charge in [-0.05, 0) is 44.5 Å². The molecule has 0 fully saturated rings. The number of carbonyl (C=O) groups is 1. The summed E-state index contributed by atoms with van der Waals surface area (Å²) in [5.74, 6) is 0. The molecule has 5 nitrogen and oxygen atoms in total. The van der Waals surface area contributed by atoms with E-state index in [9.17, 15) is 9.90 Å². The van der Waals surface area contributed by atoms with Crippen molar-refractivity contribution in [2.75, 3.05) is 5.32 Å². The maximum absolute atomic E-state index is 11.6. The van der Waals surface area contributed by atoms with E-state index >= 15 is 0 Å². The quantitative estimate of drug-likeness (QED) is 0.758. The molecule has 0 bridgehead atoms. The molecule has 1 rings (SSSR count). The molecule has 0 saturated heterocycles. The Morgan fingerprint density at radius 2 is 2.00 bits per heavy atom. The summed E-state index contributed by atoms with van der Waals surface area (Å²) < 4.78 is 0. The molecule has 2 atom stereocenters.